The van der Waals surface area contributed by atoms with E-state index >= 15 is 0 Å². The molecule has 2 aliphatic heterocycles. The number of alkyl carbamates (subject to hydrolysis) is 2. The summed E-state index contributed by atoms with van der Waals surface area (Å²) < 4.78 is 87.2. The van der Waals surface area contributed by atoms with Gasteiger partial charge >= 0.3 is 24.5 Å². The van der Waals surface area contributed by atoms with E-state index in [2.05, 4.69) is 40.0 Å². The number of hydrogen-bond donors (Lipinski definition) is 4. The van der Waals surface area contributed by atoms with Crippen LogP contribution in [-0.4, -0.2) is 105 Å². The van der Waals surface area contributed by atoms with E-state index in [1.54, 1.807) is 12.4 Å². The Morgan fingerprint density at radius 2 is 1.00 bits per heavy atom. The van der Waals surface area contributed by atoms with E-state index < -0.39 is 86.2 Å². The minimum Gasteiger partial charge on any atom is -0.453 e. The normalized spacial score (nSPS) is 17.9. The number of likely N-dealkylation sites (tertiary alicyclic amines) is 2. The molecule has 2 saturated heterocycles. The van der Waals surface area contributed by atoms with Gasteiger partial charge in [-0.3, -0.25) is 9.59 Å². The Balaban J connectivity index is 1.10. The van der Waals surface area contributed by atoms with Crippen LogP contribution in [-0.2, 0) is 19.1 Å². The van der Waals surface area contributed by atoms with Crippen LogP contribution in [0, 0.1) is 0 Å². The Morgan fingerprint density at radius 1 is 0.650 bits per heavy atom. The molecule has 4 N–H and O–H groups in total. The minimum atomic E-state index is -4.51. The zero-order valence-electron chi connectivity index (χ0n) is 32.7. The third-order valence-corrected chi connectivity index (χ3v) is 10.6. The van der Waals surface area contributed by atoms with Gasteiger partial charge in [-0.25, -0.2) is 19.6 Å². The van der Waals surface area contributed by atoms with E-state index in [1.165, 1.54) is 9.80 Å². The first-order valence-corrected chi connectivity index (χ1v) is 19.3. The lowest BCUT2D eigenvalue weighted by Crippen LogP contribution is -2.48. The smallest absolute Gasteiger partial charge is 0.407 e. The Hall–Kier alpha value is -6.08. The highest BCUT2D eigenvalue weighted by Gasteiger charge is 2.40. The fraction of sp³-hybridized carbons (Fsp3) is 0.450. The lowest BCUT2D eigenvalue weighted by molar-refractivity contribution is -0.144. The van der Waals surface area contributed by atoms with Crippen molar-refractivity contribution in [3.8, 4) is 33.6 Å². The number of benzene rings is 2. The first kappa shape index (κ1) is 43.5. The van der Waals surface area contributed by atoms with Gasteiger partial charge in [-0.05, 0) is 60.8 Å². The lowest BCUT2D eigenvalue weighted by Gasteiger charge is -2.28. The van der Waals surface area contributed by atoms with Crippen LogP contribution in [0.3, 0.4) is 0 Å². The van der Waals surface area contributed by atoms with Crippen molar-refractivity contribution in [3.05, 3.63) is 72.6 Å². The highest BCUT2D eigenvalue weighted by Crippen LogP contribution is 2.36. The van der Waals surface area contributed by atoms with Crippen LogP contribution in [0.15, 0.2) is 60.9 Å². The van der Waals surface area contributed by atoms with Gasteiger partial charge in [0.05, 0.1) is 50.1 Å². The Morgan fingerprint density at radius 3 is 1.33 bits per heavy atom. The number of hydrogen-bond acceptors (Lipinski definition) is 8. The molecule has 0 bridgehead atoms. The maximum Gasteiger partial charge on any atom is 0.407 e. The van der Waals surface area contributed by atoms with E-state index in [-0.39, 0.29) is 13.1 Å². The molecule has 2 fully saturated rings. The fourth-order valence-corrected chi connectivity index (χ4v) is 7.55. The number of methoxy groups -OCH3 is 2. The molecule has 4 amide bonds. The highest BCUT2D eigenvalue weighted by molar-refractivity contribution is 5.87. The second kappa shape index (κ2) is 18.5. The minimum absolute atomic E-state index is 0.287. The number of carbonyl (C=O) groups excluding carboxylic acids is 4. The number of ether oxygens (including phenoxy) is 2. The molecule has 322 valence electrons. The number of aromatic nitrogens is 4. The third kappa shape index (κ3) is 10.7. The van der Waals surface area contributed by atoms with Crippen molar-refractivity contribution >= 4 is 24.0 Å². The molecule has 6 rings (SSSR count). The van der Waals surface area contributed by atoms with Gasteiger partial charge in [-0.15, -0.1) is 0 Å². The van der Waals surface area contributed by atoms with E-state index in [9.17, 15) is 45.5 Å². The summed E-state index contributed by atoms with van der Waals surface area (Å²) in [7, 11) is 2.13. The fourth-order valence-electron chi connectivity index (χ4n) is 7.55. The van der Waals surface area contributed by atoms with Gasteiger partial charge in [0.1, 0.15) is 23.7 Å². The largest absolute Gasteiger partial charge is 0.453 e. The SMILES string of the molecule is COC(=O)NC(CCC(F)(F)F)C(=O)N1CCC[C@H]1c1ncc(-c2ccc(-c3ccc(-c4cnc([C@@H]5CCCN5C(=O)C(CCC(F)(F)F)NC(=O)OC)[nH]4)cc3)cc2)[nH]1. The molecule has 60 heavy (non-hydrogen) atoms. The first-order valence-electron chi connectivity index (χ1n) is 19.3. The zero-order valence-corrected chi connectivity index (χ0v) is 32.7. The molecule has 0 radical (unpaired) electrons. The van der Waals surface area contributed by atoms with Crippen LogP contribution < -0.4 is 10.6 Å². The summed E-state index contributed by atoms with van der Waals surface area (Å²) in [6, 6.07) is 11.4. The van der Waals surface area contributed by atoms with Crippen LogP contribution in [0.1, 0.15) is 75.1 Å². The van der Waals surface area contributed by atoms with E-state index in [4.69, 9.17) is 0 Å². The Bertz CT molecular complexity index is 1970. The second-order valence-electron chi connectivity index (χ2n) is 14.6. The van der Waals surface area contributed by atoms with Crippen LogP contribution in [0.5, 0.6) is 0 Å². The molecule has 4 aromatic rings. The number of H-pyrrole nitrogens is 2. The highest BCUT2D eigenvalue weighted by atomic mass is 19.4. The number of alkyl halides is 6. The van der Waals surface area contributed by atoms with Crippen LogP contribution in [0.25, 0.3) is 33.6 Å². The molecule has 2 aromatic heterocycles. The number of carbonyl (C=O) groups is 4. The van der Waals surface area contributed by atoms with Gasteiger partial charge in [-0.2, -0.15) is 26.3 Å². The predicted molar refractivity (Wildman–Crippen MR) is 204 cm³/mol. The average Bonchev–Trinajstić information content (AvgIpc) is 4.07. The number of amides is 4. The maximum absolute atomic E-state index is 13.4. The monoisotopic (exact) mass is 846 g/mol. The third-order valence-electron chi connectivity index (χ3n) is 10.6. The topological polar surface area (TPSA) is 175 Å². The number of nitrogens with one attached hydrogen (secondary N) is 4. The molecule has 14 nitrogen and oxygen atoms in total. The molecular formula is C40H44F6N8O6. The Labute approximate surface area is 340 Å². The maximum atomic E-state index is 13.4. The molecule has 0 aliphatic carbocycles. The quantitative estimate of drug-likeness (QED) is 0.0996. The molecule has 4 heterocycles. The number of halogens is 6. The average molecular weight is 847 g/mol. The zero-order chi connectivity index (χ0) is 43.2. The van der Waals surface area contributed by atoms with E-state index in [1.807, 2.05) is 48.5 Å². The summed E-state index contributed by atoms with van der Waals surface area (Å²) in [6.45, 7) is 0.574. The molecule has 0 spiro atoms. The summed E-state index contributed by atoms with van der Waals surface area (Å²) in [5.74, 6) is -0.353. The van der Waals surface area contributed by atoms with Crippen molar-refractivity contribution in [1.29, 1.82) is 0 Å². The molecule has 2 unspecified atom stereocenters. The second-order valence-corrected chi connectivity index (χ2v) is 14.6. The lowest BCUT2D eigenvalue weighted by atomic mass is 10.0. The van der Waals surface area contributed by atoms with Gasteiger partial charge in [0, 0.05) is 25.9 Å². The molecule has 20 heteroatoms. The van der Waals surface area contributed by atoms with E-state index in [0.29, 0.717) is 48.7 Å². The van der Waals surface area contributed by atoms with Crippen LogP contribution in [0.4, 0.5) is 35.9 Å². The summed E-state index contributed by atoms with van der Waals surface area (Å²) >= 11 is 0. The van der Waals surface area contributed by atoms with Crippen molar-refractivity contribution in [3.63, 3.8) is 0 Å². The Kier molecular flexibility index (Phi) is 13.4. The van der Waals surface area contributed by atoms with Gasteiger partial charge < -0.3 is 39.9 Å². The van der Waals surface area contributed by atoms with Gasteiger partial charge in [0.15, 0.2) is 0 Å². The van der Waals surface area contributed by atoms with Crippen LogP contribution >= 0.6 is 0 Å². The van der Waals surface area contributed by atoms with Gasteiger partial charge in [0.25, 0.3) is 0 Å². The van der Waals surface area contributed by atoms with Crippen molar-refractivity contribution in [2.75, 3.05) is 27.3 Å². The molecule has 2 aromatic carbocycles. The van der Waals surface area contributed by atoms with Crippen molar-refractivity contribution in [2.45, 2.75) is 87.9 Å². The molecule has 0 saturated carbocycles. The van der Waals surface area contributed by atoms with Gasteiger partial charge in [0.2, 0.25) is 11.8 Å². The molecule has 4 atom stereocenters. The predicted octanol–water partition coefficient (Wildman–Crippen LogP) is 7.60. The van der Waals surface area contributed by atoms with Crippen molar-refractivity contribution < 1.29 is 55.0 Å². The number of imidazole rings is 2. The van der Waals surface area contributed by atoms with E-state index in [0.717, 1.165) is 36.5 Å². The number of aromatic amines is 2. The summed E-state index contributed by atoms with van der Waals surface area (Å²) in [5, 5.41) is 4.49. The number of rotatable bonds is 13. The summed E-state index contributed by atoms with van der Waals surface area (Å²) in [6.07, 6.45) is -9.30. The van der Waals surface area contributed by atoms with Crippen molar-refractivity contribution in [1.82, 2.24) is 40.4 Å². The summed E-state index contributed by atoms with van der Waals surface area (Å²) in [4.78, 5) is 69.0. The molecule has 2 aliphatic rings. The molecular weight excluding hydrogens is 802 g/mol. The first-order chi connectivity index (χ1) is 28.5. The van der Waals surface area contributed by atoms with Gasteiger partial charge in [-0.1, -0.05) is 48.5 Å². The van der Waals surface area contributed by atoms with Crippen LogP contribution in [0.2, 0.25) is 0 Å². The van der Waals surface area contributed by atoms with Crippen molar-refractivity contribution in [2.24, 2.45) is 0 Å². The summed E-state index contributed by atoms with van der Waals surface area (Å²) in [5.41, 5.74) is 4.76. The number of nitrogens with zero attached hydrogens (tertiary/aromatic N) is 4. The standard InChI is InChI=1S/C40H44F6N8O6/c1-59-37(57)51-27(15-17-39(41,42)43)35(55)53-19-3-5-31(53)33-47-21-29(49-33)25-11-7-23(8-12-25)24-9-13-26(14-10-24)30-22-48-34(50-30)32-6-4-20-54(32)36(56)28(52-38(58)60-2)16-18-40(44,45)46/h7-14,21-22,27-28,31-32H,3-6,15-20H2,1-2H3,(H,47,49)(H,48,50)(H,51,57)(H,52,58)/t27?,28?,31-,32-/m0/s1.